The number of ether oxygens (including phenoxy) is 2. The van der Waals surface area contributed by atoms with Crippen LogP contribution < -0.4 is 15.2 Å². The van der Waals surface area contributed by atoms with Crippen LogP contribution >= 0.6 is 0 Å². The predicted molar refractivity (Wildman–Crippen MR) is 60.7 cm³/mol. The lowest BCUT2D eigenvalue weighted by Crippen LogP contribution is -2.49. The third-order valence-corrected chi connectivity index (χ3v) is 3.12. The fraction of sp³-hybridized carbons (Fsp3) is 0.500. The van der Waals surface area contributed by atoms with Crippen LogP contribution in [0.5, 0.6) is 11.5 Å². The first-order valence-electron chi connectivity index (χ1n) is 5.29. The summed E-state index contributed by atoms with van der Waals surface area (Å²) in [5.41, 5.74) is 5.75. The zero-order chi connectivity index (χ0) is 11.8. The van der Waals surface area contributed by atoms with Gasteiger partial charge in [-0.2, -0.15) is 0 Å². The van der Waals surface area contributed by atoms with Crippen LogP contribution in [0.4, 0.5) is 0 Å². The maximum absolute atomic E-state index is 10.3. The Morgan fingerprint density at radius 2 is 1.88 bits per heavy atom. The van der Waals surface area contributed by atoms with Gasteiger partial charge in [0.1, 0.15) is 0 Å². The average molecular weight is 223 g/mol. The van der Waals surface area contributed by atoms with Crippen LogP contribution in [0.15, 0.2) is 18.2 Å². The van der Waals surface area contributed by atoms with Crippen LogP contribution in [0, 0.1) is 0 Å². The highest BCUT2D eigenvalue weighted by atomic mass is 16.5. The average Bonchev–Trinajstić information content (AvgIpc) is 2.26. The van der Waals surface area contributed by atoms with Crippen LogP contribution in [0.3, 0.4) is 0 Å². The molecular weight excluding hydrogens is 206 g/mol. The molecule has 1 aliphatic rings. The largest absolute Gasteiger partial charge is 0.493 e. The monoisotopic (exact) mass is 223 g/mol. The molecule has 0 amide bonds. The van der Waals surface area contributed by atoms with Crippen molar-refractivity contribution in [3.8, 4) is 11.5 Å². The summed E-state index contributed by atoms with van der Waals surface area (Å²) in [6.45, 7) is 0. The number of hydrogen-bond donors (Lipinski definition) is 2. The van der Waals surface area contributed by atoms with Gasteiger partial charge in [0, 0.05) is 6.04 Å². The Morgan fingerprint density at radius 1 is 1.25 bits per heavy atom. The molecule has 1 saturated carbocycles. The van der Waals surface area contributed by atoms with Gasteiger partial charge >= 0.3 is 0 Å². The summed E-state index contributed by atoms with van der Waals surface area (Å²) in [4.78, 5) is 0. The summed E-state index contributed by atoms with van der Waals surface area (Å²) in [5, 5.41) is 10.3. The van der Waals surface area contributed by atoms with Gasteiger partial charge in [-0.15, -0.1) is 0 Å². The van der Waals surface area contributed by atoms with E-state index in [1.54, 1.807) is 20.3 Å². The van der Waals surface area contributed by atoms with Crippen molar-refractivity contribution in [1.82, 2.24) is 0 Å². The summed E-state index contributed by atoms with van der Waals surface area (Å²) in [5.74, 6) is 1.30. The molecule has 0 radical (unpaired) electrons. The Labute approximate surface area is 95.0 Å². The highest BCUT2D eigenvalue weighted by molar-refractivity contribution is 5.45. The zero-order valence-electron chi connectivity index (χ0n) is 9.56. The van der Waals surface area contributed by atoms with Crippen LogP contribution in [0.25, 0.3) is 0 Å². The highest BCUT2D eigenvalue weighted by Gasteiger charge is 2.42. The van der Waals surface area contributed by atoms with Gasteiger partial charge in [0.25, 0.3) is 0 Å². The van der Waals surface area contributed by atoms with Gasteiger partial charge in [0.15, 0.2) is 11.5 Å². The van der Waals surface area contributed by atoms with Gasteiger partial charge in [-0.3, -0.25) is 0 Å². The SMILES string of the molecule is COc1ccc(C2(O)CC(N)C2)cc1OC. The first-order valence-corrected chi connectivity index (χ1v) is 5.29. The number of hydrogen-bond acceptors (Lipinski definition) is 4. The first-order chi connectivity index (χ1) is 7.59. The molecule has 0 atom stereocenters. The molecule has 16 heavy (non-hydrogen) atoms. The van der Waals surface area contributed by atoms with Crippen LogP contribution in [-0.4, -0.2) is 25.4 Å². The van der Waals surface area contributed by atoms with E-state index >= 15 is 0 Å². The van der Waals surface area contributed by atoms with Crippen LogP contribution in [-0.2, 0) is 5.60 Å². The van der Waals surface area contributed by atoms with Gasteiger partial charge in [-0.05, 0) is 30.5 Å². The minimum atomic E-state index is -0.793. The summed E-state index contributed by atoms with van der Waals surface area (Å²) in [7, 11) is 3.17. The Bertz CT molecular complexity index is 386. The maximum Gasteiger partial charge on any atom is 0.161 e. The van der Waals surface area contributed by atoms with Crippen LogP contribution in [0.1, 0.15) is 18.4 Å². The molecule has 2 rings (SSSR count). The van der Waals surface area contributed by atoms with E-state index in [1.165, 1.54) is 0 Å². The van der Waals surface area contributed by atoms with Gasteiger partial charge in [0.2, 0.25) is 0 Å². The minimum absolute atomic E-state index is 0.0955. The molecule has 0 unspecified atom stereocenters. The van der Waals surface area contributed by atoms with Crippen molar-refractivity contribution in [1.29, 1.82) is 0 Å². The molecule has 0 aliphatic heterocycles. The van der Waals surface area contributed by atoms with Gasteiger partial charge in [-0.25, -0.2) is 0 Å². The predicted octanol–water partition coefficient (Wildman–Crippen LogP) is 1.01. The highest BCUT2D eigenvalue weighted by Crippen LogP contribution is 2.42. The molecular formula is C12H17NO3. The topological polar surface area (TPSA) is 64.7 Å². The Balaban J connectivity index is 2.29. The van der Waals surface area contributed by atoms with Crippen molar-refractivity contribution < 1.29 is 14.6 Å². The minimum Gasteiger partial charge on any atom is -0.493 e. The molecule has 3 N–H and O–H groups in total. The normalized spacial score (nSPS) is 28.4. The molecule has 1 aromatic carbocycles. The summed E-state index contributed by atoms with van der Waals surface area (Å²) >= 11 is 0. The van der Waals surface area contributed by atoms with Crippen molar-refractivity contribution in [2.24, 2.45) is 5.73 Å². The van der Waals surface area contributed by atoms with Gasteiger partial charge in [-0.1, -0.05) is 6.07 Å². The Morgan fingerprint density at radius 3 is 2.38 bits per heavy atom. The fourth-order valence-electron chi connectivity index (χ4n) is 2.17. The van der Waals surface area contributed by atoms with Crippen molar-refractivity contribution >= 4 is 0 Å². The standard InChI is InChI=1S/C12H17NO3/c1-15-10-4-3-8(5-11(10)16-2)12(14)6-9(13)7-12/h3-5,9,14H,6-7,13H2,1-2H3. The van der Waals surface area contributed by atoms with Crippen molar-refractivity contribution in [2.45, 2.75) is 24.5 Å². The van der Waals surface area contributed by atoms with Crippen molar-refractivity contribution in [3.05, 3.63) is 23.8 Å². The third-order valence-electron chi connectivity index (χ3n) is 3.12. The zero-order valence-corrected chi connectivity index (χ0v) is 9.56. The summed E-state index contributed by atoms with van der Waals surface area (Å²) in [6, 6.07) is 5.56. The lowest BCUT2D eigenvalue weighted by atomic mass is 9.72. The lowest BCUT2D eigenvalue weighted by molar-refractivity contribution is -0.0524. The van der Waals surface area contributed by atoms with E-state index in [0.717, 1.165) is 5.56 Å². The molecule has 0 heterocycles. The second-order valence-electron chi connectivity index (χ2n) is 4.27. The number of methoxy groups -OCH3 is 2. The number of benzene rings is 1. The molecule has 88 valence electrons. The number of rotatable bonds is 3. The van der Waals surface area contributed by atoms with E-state index in [0.29, 0.717) is 24.3 Å². The Kier molecular flexibility index (Phi) is 2.78. The molecule has 1 fully saturated rings. The fourth-order valence-corrected chi connectivity index (χ4v) is 2.17. The van der Waals surface area contributed by atoms with E-state index in [-0.39, 0.29) is 6.04 Å². The third kappa shape index (κ3) is 1.74. The van der Waals surface area contributed by atoms with E-state index in [2.05, 4.69) is 0 Å². The molecule has 1 aliphatic carbocycles. The first kappa shape index (κ1) is 11.2. The molecule has 4 nitrogen and oxygen atoms in total. The van der Waals surface area contributed by atoms with E-state index < -0.39 is 5.60 Å². The van der Waals surface area contributed by atoms with Gasteiger partial charge in [0.05, 0.1) is 19.8 Å². The second-order valence-corrected chi connectivity index (χ2v) is 4.27. The smallest absolute Gasteiger partial charge is 0.161 e. The maximum atomic E-state index is 10.3. The molecule has 0 saturated heterocycles. The van der Waals surface area contributed by atoms with Crippen molar-refractivity contribution in [2.75, 3.05) is 14.2 Å². The molecule has 0 spiro atoms. The van der Waals surface area contributed by atoms with E-state index in [1.807, 2.05) is 12.1 Å². The molecule has 1 aromatic rings. The molecule has 4 heteroatoms. The van der Waals surface area contributed by atoms with Crippen LogP contribution in [0.2, 0.25) is 0 Å². The number of nitrogens with two attached hydrogens (primary N) is 1. The quantitative estimate of drug-likeness (QED) is 0.802. The number of aliphatic hydroxyl groups is 1. The van der Waals surface area contributed by atoms with E-state index in [4.69, 9.17) is 15.2 Å². The lowest BCUT2D eigenvalue weighted by Gasteiger charge is -2.42. The van der Waals surface area contributed by atoms with Crippen molar-refractivity contribution in [3.63, 3.8) is 0 Å². The van der Waals surface area contributed by atoms with E-state index in [9.17, 15) is 5.11 Å². The van der Waals surface area contributed by atoms with Gasteiger partial charge < -0.3 is 20.3 Å². The molecule has 0 bridgehead atoms. The summed E-state index contributed by atoms with van der Waals surface area (Å²) < 4.78 is 10.3. The Hall–Kier alpha value is -1.26. The second kappa shape index (κ2) is 3.96. The molecule has 0 aromatic heterocycles. The summed E-state index contributed by atoms with van der Waals surface area (Å²) in [6.07, 6.45) is 1.20.